The Hall–Kier alpha value is -6.32. The van der Waals surface area contributed by atoms with E-state index >= 15 is 0 Å². The lowest BCUT2D eigenvalue weighted by Crippen LogP contribution is -1.91. The molecule has 0 bridgehead atoms. The van der Waals surface area contributed by atoms with Gasteiger partial charge in [0.25, 0.3) is 0 Å². The first-order valence-corrected chi connectivity index (χ1v) is 20.1. The van der Waals surface area contributed by atoms with Crippen LogP contribution in [0.2, 0.25) is 0 Å². The lowest BCUT2D eigenvalue weighted by Gasteiger charge is -2.19. The van der Waals surface area contributed by atoms with Gasteiger partial charge in [-0.25, -0.2) is 0 Å². The van der Waals surface area contributed by atoms with Gasteiger partial charge in [-0.05, 0) is 89.1 Å². The molecule has 2 aromatic heterocycles. The molecule has 0 saturated carbocycles. The molecule has 0 unspecified atom stereocenters. The van der Waals surface area contributed by atoms with Crippen molar-refractivity contribution in [1.82, 2.24) is 0 Å². The van der Waals surface area contributed by atoms with Crippen LogP contribution in [-0.4, -0.2) is 0 Å². The fraction of sp³-hybridized carbons (Fsp3) is 0. The Morgan fingerprint density at radius 2 is 0.815 bits per heavy atom. The summed E-state index contributed by atoms with van der Waals surface area (Å²) in [5, 5.41) is 15.7. The minimum absolute atomic E-state index is 1.23. The Kier molecular flexibility index (Phi) is 6.48. The van der Waals surface area contributed by atoms with Gasteiger partial charge in [0.15, 0.2) is 0 Å². The minimum Gasteiger partial charge on any atom is -0.134 e. The first-order valence-electron chi connectivity index (χ1n) is 18.5. The summed E-state index contributed by atoms with van der Waals surface area (Å²) in [5.41, 5.74) is 7.67. The molecule has 0 amide bonds. The zero-order valence-corrected chi connectivity index (χ0v) is 30.8. The van der Waals surface area contributed by atoms with Crippen molar-refractivity contribution in [2.45, 2.75) is 0 Å². The number of benzene rings is 10. The highest BCUT2D eigenvalue weighted by molar-refractivity contribution is 7.30. The number of hydrogen-bond donors (Lipinski definition) is 0. The molecule has 2 heteroatoms. The van der Waals surface area contributed by atoms with E-state index in [9.17, 15) is 0 Å². The van der Waals surface area contributed by atoms with E-state index in [1.54, 1.807) is 0 Å². The summed E-state index contributed by atoms with van der Waals surface area (Å²) in [6.45, 7) is 0. The summed E-state index contributed by atoms with van der Waals surface area (Å²) in [7, 11) is 0. The monoisotopic (exact) mass is 718 g/mol. The molecule has 0 spiro atoms. The van der Waals surface area contributed by atoms with Gasteiger partial charge in [-0.3, -0.25) is 0 Å². The van der Waals surface area contributed by atoms with Gasteiger partial charge >= 0.3 is 0 Å². The third-order valence-corrected chi connectivity index (χ3v) is 13.8. The maximum absolute atomic E-state index is 2.43. The molecule has 10 aromatic carbocycles. The molecule has 0 atom stereocenters. The predicted octanol–water partition coefficient (Wildman–Crippen LogP) is 16.0. The molecule has 250 valence electrons. The number of thiophene rings is 2. The van der Waals surface area contributed by atoms with Crippen LogP contribution in [0.1, 0.15) is 0 Å². The fourth-order valence-electron chi connectivity index (χ4n) is 9.10. The fourth-order valence-corrected chi connectivity index (χ4v) is 11.7. The van der Waals surface area contributed by atoms with Crippen LogP contribution in [-0.2, 0) is 0 Å². The van der Waals surface area contributed by atoms with Crippen molar-refractivity contribution in [1.29, 1.82) is 0 Å². The van der Waals surface area contributed by atoms with E-state index in [1.165, 1.54) is 117 Å². The van der Waals surface area contributed by atoms with E-state index in [2.05, 4.69) is 182 Å². The first kappa shape index (κ1) is 30.2. The molecule has 0 aliphatic carbocycles. The summed E-state index contributed by atoms with van der Waals surface area (Å²) in [4.78, 5) is 0. The highest BCUT2D eigenvalue weighted by atomic mass is 32.1. The second-order valence-electron chi connectivity index (χ2n) is 14.3. The lowest BCUT2D eigenvalue weighted by atomic mass is 9.84. The molecule has 12 aromatic rings. The molecule has 0 N–H and O–H groups in total. The van der Waals surface area contributed by atoms with Crippen molar-refractivity contribution in [3.8, 4) is 33.4 Å². The van der Waals surface area contributed by atoms with Crippen LogP contribution >= 0.6 is 22.7 Å². The van der Waals surface area contributed by atoms with E-state index in [0.29, 0.717) is 0 Å². The Balaban J connectivity index is 1.10. The van der Waals surface area contributed by atoms with Gasteiger partial charge in [0.2, 0.25) is 0 Å². The minimum atomic E-state index is 1.23. The van der Waals surface area contributed by atoms with E-state index in [4.69, 9.17) is 0 Å². The lowest BCUT2D eigenvalue weighted by molar-refractivity contribution is 1.65. The molecule has 0 radical (unpaired) electrons. The highest BCUT2D eigenvalue weighted by Gasteiger charge is 2.20. The standard InChI is InChI=1S/C52H30S2/c1-3-15-35-31(12-1)14-11-22-38(35)49-41-20-7-5-18-39(41)47(40-19-6-8-21-42(40)49)32-24-26-33(27-25-32)48-36-16-4-2-13-34(36)30-44-50-46(54-52(44)48)29-28-43-37-17-9-10-23-45(37)53-51(43)50/h1-30H. The maximum atomic E-state index is 2.43. The maximum Gasteiger partial charge on any atom is 0.0448 e. The quantitative estimate of drug-likeness (QED) is 0.160. The zero-order chi connectivity index (χ0) is 35.3. The molecule has 0 fully saturated rings. The van der Waals surface area contributed by atoms with Crippen LogP contribution in [0.5, 0.6) is 0 Å². The highest BCUT2D eigenvalue weighted by Crippen LogP contribution is 2.50. The van der Waals surface area contributed by atoms with Crippen LogP contribution in [0.15, 0.2) is 182 Å². The van der Waals surface area contributed by atoms with Gasteiger partial charge in [-0.1, -0.05) is 164 Å². The van der Waals surface area contributed by atoms with Crippen LogP contribution in [0.25, 0.3) is 117 Å². The SMILES string of the molecule is c1ccc2c(-c3c4ccccc4c(-c4ccc(-c5c6ccccc6cc6c5sc5ccc7c8ccccc8sc7c56)cc4)c4ccccc34)cccc2c1. The summed E-state index contributed by atoms with van der Waals surface area (Å²) in [5.74, 6) is 0. The van der Waals surface area contributed by atoms with Crippen molar-refractivity contribution in [3.05, 3.63) is 182 Å². The van der Waals surface area contributed by atoms with E-state index < -0.39 is 0 Å². The predicted molar refractivity (Wildman–Crippen MR) is 239 cm³/mol. The van der Waals surface area contributed by atoms with Crippen molar-refractivity contribution in [2.24, 2.45) is 0 Å². The van der Waals surface area contributed by atoms with Crippen molar-refractivity contribution in [3.63, 3.8) is 0 Å². The molecule has 0 nitrogen and oxygen atoms in total. The summed E-state index contributed by atoms with van der Waals surface area (Å²) >= 11 is 3.86. The van der Waals surface area contributed by atoms with Crippen molar-refractivity contribution < 1.29 is 0 Å². The smallest absolute Gasteiger partial charge is 0.0448 e. The first-order chi connectivity index (χ1) is 26.8. The molecule has 0 aliphatic rings. The molecule has 12 rings (SSSR count). The van der Waals surface area contributed by atoms with Gasteiger partial charge in [-0.2, -0.15) is 0 Å². The molecule has 54 heavy (non-hydrogen) atoms. The normalized spacial score (nSPS) is 12.1. The van der Waals surface area contributed by atoms with Gasteiger partial charge in [0.1, 0.15) is 0 Å². The van der Waals surface area contributed by atoms with Crippen LogP contribution in [0.3, 0.4) is 0 Å². The Labute approximate surface area is 319 Å². The second-order valence-corrected chi connectivity index (χ2v) is 16.4. The van der Waals surface area contributed by atoms with Crippen molar-refractivity contribution >= 4 is 106 Å². The van der Waals surface area contributed by atoms with E-state index in [1.807, 2.05) is 22.7 Å². The van der Waals surface area contributed by atoms with Gasteiger partial charge in [0, 0.05) is 45.9 Å². The molecular weight excluding hydrogens is 689 g/mol. The summed E-state index contributed by atoms with van der Waals surface area (Å²) in [6.07, 6.45) is 0. The summed E-state index contributed by atoms with van der Waals surface area (Å²) < 4.78 is 5.45. The molecular formula is C52H30S2. The largest absolute Gasteiger partial charge is 0.134 e. The van der Waals surface area contributed by atoms with Crippen LogP contribution < -0.4 is 0 Å². The second kappa shape index (κ2) is 11.6. The Morgan fingerprint density at radius 3 is 1.54 bits per heavy atom. The van der Waals surface area contributed by atoms with Crippen molar-refractivity contribution in [2.75, 3.05) is 0 Å². The van der Waals surface area contributed by atoms with Gasteiger partial charge in [-0.15, -0.1) is 22.7 Å². The average molecular weight is 719 g/mol. The average Bonchev–Trinajstić information content (AvgIpc) is 3.80. The van der Waals surface area contributed by atoms with E-state index in [0.717, 1.165) is 0 Å². The Bertz CT molecular complexity index is 3430. The molecule has 0 aliphatic heterocycles. The number of rotatable bonds is 3. The molecule has 0 saturated heterocycles. The topological polar surface area (TPSA) is 0 Å². The zero-order valence-electron chi connectivity index (χ0n) is 29.1. The van der Waals surface area contributed by atoms with Gasteiger partial charge < -0.3 is 0 Å². The number of fused-ring (bicyclic) bond motifs is 11. The van der Waals surface area contributed by atoms with Crippen LogP contribution in [0, 0.1) is 0 Å². The van der Waals surface area contributed by atoms with Gasteiger partial charge in [0.05, 0.1) is 0 Å². The number of hydrogen-bond acceptors (Lipinski definition) is 2. The summed E-state index contributed by atoms with van der Waals surface area (Å²) in [6, 6.07) is 67.7. The Morgan fingerprint density at radius 1 is 0.278 bits per heavy atom. The third-order valence-electron chi connectivity index (χ3n) is 11.4. The third kappa shape index (κ3) is 4.30. The van der Waals surface area contributed by atoms with E-state index in [-0.39, 0.29) is 0 Å². The molecule has 2 heterocycles. The van der Waals surface area contributed by atoms with Crippen LogP contribution in [0.4, 0.5) is 0 Å².